The molecule has 4 heteroatoms. The second-order valence-corrected chi connectivity index (χ2v) is 8.44. The van der Waals surface area contributed by atoms with Gasteiger partial charge in [-0.05, 0) is 44.2 Å². The van der Waals surface area contributed by atoms with Gasteiger partial charge in [0.05, 0.1) is 4.90 Å². The van der Waals surface area contributed by atoms with Gasteiger partial charge in [0.15, 0.2) is 0 Å². The lowest BCUT2D eigenvalue weighted by atomic mass is 10.1. The molecule has 0 N–H and O–H groups in total. The Morgan fingerprint density at radius 1 is 1.17 bits per heavy atom. The number of sulfonamides is 1. The Morgan fingerprint density at radius 2 is 1.91 bits per heavy atom. The van der Waals surface area contributed by atoms with Crippen molar-refractivity contribution in [2.45, 2.75) is 57.3 Å². The Labute approximate surface area is 141 Å². The highest BCUT2D eigenvalue weighted by atomic mass is 32.2. The number of hydrogen-bond acceptors (Lipinski definition) is 2. The molecular weight excluding hydrogens is 306 g/mol. The van der Waals surface area contributed by atoms with Crippen molar-refractivity contribution in [3.8, 4) is 0 Å². The van der Waals surface area contributed by atoms with Crippen molar-refractivity contribution in [1.82, 2.24) is 4.31 Å². The van der Waals surface area contributed by atoms with E-state index in [-0.39, 0.29) is 0 Å². The SMILES string of the molecule is CCCCCC/C=C/C1CCN(S(=O)(=O)c2ccc(C)cc2)C1. The Balaban J connectivity index is 1.86. The van der Waals surface area contributed by atoms with Crippen molar-refractivity contribution in [2.24, 2.45) is 5.92 Å². The molecule has 1 saturated heterocycles. The molecule has 0 aliphatic carbocycles. The van der Waals surface area contributed by atoms with E-state index in [1.165, 1.54) is 25.7 Å². The van der Waals surface area contributed by atoms with Crippen LogP contribution in [0.1, 0.15) is 51.0 Å². The minimum Gasteiger partial charge on any atom is -0.207 e. The van der Waals surface area contributed by atoms with Gasteiger partial charge in [-0.25, -0.2) is 8.42 Å². The summed E-state index contributed by atoms with van der Waals surface area (Å²) in [6.45, 7) is 5.42. The molecule has 0 spiro atoms. The zero-order valence-corrected chi connectivity index (χ0v) is 15.2. The van der Waals surface area contributed by atoms with E-state index in [2.05, 4.69) is 19.1 Å². The Hall–Kier alpha value is -1.13. The number of rotatable bonds is 8. The molecule has 1 aromatic rings. The van der Waals surface area contributed by atoms with Crippen molar-refractivity contribution in [2.75, 3.05) is 13.1 Å². The second kappa shape index (κ2) is 8.65. The van der Waals surface area contributed by atoms with Crippen molar-refractivity contribution in [3.05, 3.63) is 42.0 Å². The van der Waals surface area contributed by atoms with Gasteiger partial charge in [0.1, 0.15) is 0 Å². The van der Waals surface area contributed by atoms with Crippen LogP contribution in [-0.4, -0.2) is 25.8 Å². The van der Waals surface area contributed by atoms with Gasteiger partial charge in [-0.1, -0.05) is 56.0 Å². The second-order valence-electron chi connectivity index (χ2n) is 6.50. The highest BCUT2D eigenvalue weighted by Crippen LogP contribution is 2.25. The van der Waals surface area contributed by atoms with E-state index < -0.39 is 10.0 Å². The van der Waals surface area contributed by atoms with Crippen LogP contribution < -0.4 is 0 Å². The van der Waals surface area contributed by atoms with Gasteiger partial charge in [0, 0.05) is 13.1 Å². The Kier molecular flexibility index (Phi) is 6.85. The third-order valence-corrected chi connectivity index (χ3v) is 6.36. The quantitative estimate of drug-likeness (QED) is 0.517. The molecule has 1 aliphatic rings. The first kappa shape index (κ1) is 18.2. The summed E-state index contributed by atoms with van der Waals surface area (Å²) in [5.74, 6) is 0.362. The molecule has 0 radical (unpaired) electrons. The van der Waals surface area contributed by atoms with Crippen LogP contribution in [0.4, 0.5) is 0 Å². The van der Waals surface area contributed by atoms with Crippen LogP contribution in [0.3, 0.4) is 0 Å². The molecule has 1 heterocycles. The standard InChI is InChI=1S/C19H29NO2S/c1-3-4-5-6-7-8-9-18-14-15-20(16-18)23(21,22)19-12-10-17(2)11-13-19/h8-13,18H,3-7,14-16H2,1-2H3/b9-8+. The highest BCUT2D eigenvalue weighted by Gasteiger charge is 2.31. The Bertz CT molecular complexity index is 605. The highest BCUT2D eigenvalue weighted by molar-refractivity contribution is 7.89. The minimum atomic E-state index is -3.33. The molecule has 0 aromatic heterocycles. The first-order chi connectivity index (χ1) is 11.0. The molecule has 3 nitrogen and oxygen atoms in total. The van der Waals surface area contributed by atoms with Crippen LogP contribution in [0.15, 0.2) is 41.3 Å². The lowest BCUT2D eigenvalue weighted by molar-refractivity contribution is 0.470. The monoisotopic (exact) mass is 335 g/mol. The first-order valence-corrected chi connectivity index (χ1v) is 10.2. The summed E-state index contributed by atoms with van der Waals surface area (Å²) in [4.78, 5) is 0.410. The molecule has 128 valence electrons. The van der Waals surface area contributed by atoms with Crippen LogP contribution in [0, 0.1) is 12.8 Å². The van der Waals surface area contributed by atoms with E-state index >= 15 is 0 Å². The maximum Gasteiger partial charge on any atom is 0.243 e. The number of aryl methyl sites for hydroxylation is 1. The molecule has 2 rings (SSSR count). The molecule has 0 amide bonds. The summed E-state index contributed by atoms with van der Waals surface area (Å²) in [5, 5.41) is 0. The van der Waals surface area contributed by atoms with E-state index in [4.69, 9.17) is 0 Å². The van der Waals surface area contributed by atoms with Crippen molar-refractivity contribution in [1.29, 1.82) is 0 Å². The third-order valence-electron chi connectivity index (χ3n) is 4.48. The van der Waals surface area contributed by atoms with E-state index in [1.807, 2.05) is 19.1 Å². The minimum absolute atomic E-state index is 0.362. The summed E-state index contributed by atoms with van der Waals surface area (Å²) in [7, 11) is -3.33. The fourth-order valence-electron chi connectivity index (χ4n) is 2.97. The van der Waals surface area contributed by atoms with Gasteiger partial charge in [-0.3, -0.25) is 0 Å². The van der Waals surface area contributed by atoms with Gasteiger partial charge in [0.2, 0.25) is 10.0 Å². The fourth-order valence-corrected chi connectivity index (χ4v) is 4.48. The molecule has 23 heavy (non-hydrogen) atoms. The molecule has 0 bridgehead atoms. The Morgan fingerprint density at radius 3 is 2.61 bits per heavy atom. The zero-order valence-electron chi connectivity index (χ0n) is 14.4. The van der Waals surface area contributed by atoms with E-state index in [9.17, 15) is 8.42 Å². The lowest BCUT2D eigenvalue weighted by Gasteiger charge is -2.16. The topological polar surface area (TPSA) is 37.4 Å². The molecule has 1 unspecified atom stereocenters. The summed E-state index contributed by atoms with van der Waals surface area (Å²) >= 11 is 0. The molecule has 1 atom stereocenters. The fraction of sp³-hybridized carbons (Fsp3) is 0.579. The largest absolute Gasteiger partial charge is 0.243 e. The maximum absolute atomic E-state index is 12.6. The average molecular weight is 336 g/mol. The molecular formula is C19H29NO2S. The number of hydrogen-bond donors (Lipinski definition) is 0. The van der Waals surface area contributed by atoms with Crippen LogP contribution in [0.5, 0.6) is 0 Å². The summed E-state index contributed by atoms with van der Waals surface area (Å²) in [6, 6.07) is 7.14. The molecule has 0 saturated carbocycles. The van der Waals surface area contributed by atoms with Crippen molar-refractivity contribution in [3.63, 3.8) is 0 Å². The van der Waals surface area contributed by atoms with Gasteiger partial charge in [-0.15, -0.1) is 0 Å². The van der Waals surface area contributed by atoms with E-state index in [0.717, 1.165) is 18.4 Å². The number of nitrogens with zero attached hydrogens (tertiary/aromatic N) is 1. The van der Waals surface area contributed by atoms with Crippen LogP contribution in [-0.2, 0) is 10.0 Å². The van der Waals surface area contributed by atoms with Gasteiger partial charge in [0.25, 0.3) is 0 Å². The predicted molar refractivity (Wildman–Crippen MR) is 95.9 cm³/mol. The average Bonchev–Trinajstić information content (AvgIpc) is 3.01. The number of benzene rings is 1. The summed E-state index contributed by atoms with van der Waals surface area (Å²) in [5.41, 5.74) is 1.08. The number of unbranched alkanes of at least 4 members (excludes halogenated alkanes) is 4. The first-order valence-electron chi connectivity index (χ1n) is 8.77. The van der Waals surface area contributed by atoms with Crippen LogP contribution >= 0.6 is 0 Å². The third kappa shape index (κ3) is 5.18. The molecule has 1 fully saturated rings. The molecule has 1 aliphatic heterocycles. The molecule has 1 aromatic carbocycles. The number of allylic oxidation sites excluding steroid dienone is 1. The predicted octanol–water partition coefficient (Wildman–Crippen LogP) is 4.53. The maximum atomic E-state index is 12.6. The van der Waals surface area contributed by atoms with Crippen LogP contribution in [0.25, 0.3) is 0 Å². The van der Waals surface area contributed by atoms with Gasteiger partial charge < -0.3 is 0 Å². The van der Waals surface area contributed by atoms with Crippen molar-refractivity contribution >= 4 is 10.0 Å². The zero-order chi connectivity index (χ0) is 16.7. The summed E-state index contributed by atoms with van der Waals surface area (Å²) < 4.78 is 26.9. The van der Waals surface area contributed by atoms with Crippen LogP contribution in [0.2, 0.25) is 0 Å². The van der Waals surface area contributed by atoms with Gasteiger partial charge >= 0.3 is 0 Å². The van der Waals surface area contributed by atoms with Gasteiger partial charge in [-0.2, -0.15) is 4.31 Å². The van der Waals surface area contributed by atoms with Crippen molar-refractivity contribution < 1.29 is 8.42 Å². The normalized spacial score (nSPS) is 19.7. The van der Waals surface area contributed by atoms with E-state index in [1.54, 1.807) is 16.4 Å². The van der Waals surface area contributed by atoms with E-state index in [0.29, 0.717) is 23.9 Å². The lowest BCUT2D eigenvalue weighted by Crippen LogP contribution is -2.28. The summed E-state index contributed by atoms with van der Waals surface area (Å²) in [6.07, 6.45) is 11.6. The smallest absolute Gasteiger partial charge is 0.207 e.